The van der Waals surface area contributed by atoms with Crippen LogP contribution in [0.15, 0.2) is 41.3 Å². The van der Waals surface area contributed by atoms with Crippen LogP contribution in [0.25, 0.3) is 5.69 Å². The summed E-state index contributed by atoms with van der Waals surface area (Å²) in [4.78, 5) is 18.4. The van der Waals surface area contributed by atoms with Crippen molar-refractivity contribution in [3.05, 3.63) is 52.6 Å². The first-order valence-corrected chi connectivity index (χ1v) is 8.00. The molecule has 1 aromatic carbocycles. The molecule has 0 atom stereocenters. The van der Waals surface area contributed by atoms with Gasteiger partial charge in [-0.2, -0.15) is 4.98 Å². The summed E-state index contributed by atoms with van der Waals surface area (Å²) in [5, 5.41) is 2.87. The number of hydrogen-bond acceptors (Lipinski definition) is 5. The number of rotatable bonds is 4. The Balaban J connectivity index is 1.71. The lowest BCUT2D eigenvalue weighted by Crippen LogP contribution is -2.39. The first kappa shape index (κ1) is 15.7. The molecule has 1 aromatic heterocycles. The topological polar surface area (TPSA) is 76.2 Å². The van der Waals surface area contributed by atoms with E-state index in [-0.39, 0.29) is 5.69 Å². The number of likely N-dealkylation sites (tertiary alicyclic amines) is 1. The summed E-state index contributed by atoms with van der Waals surface area (Å²) in [6, 6.07) is 10.2. The van der Waals surface area contributed by atoms with Gasteiger partial charge in [0.1, 0.15) is 5.82 Å². The van der Waals surface area contributed by atoms with Gasteiger partial charge in [-0.15, -0.1) is 0 Å². The predicted octanol–water partition coefficient (Wildman–Crippen LogP) is 1.20. The maximum absolute atomic E-state index is 12.0. The van der Waals surface area contributed by atoms with E-state index < -0.39 is 0 Å². The van der Waals surface area contributed by atoms with E-state index in [2.05, 4.69) is 27.3 Å². The molecule has 23 heavy (non-hydrogen) atoms. The minimum absolute atomic E-state index is 0.283. The molecule has 0 radical (unpaired) electrons. The number of nitrogens with two attached hydrogens (primary N) is 1. The molecular weight excluding hydrogens is 290 g/mol. The standard InChI is InChI=1S/C17H23N5O/c1-19-16-8-11-22(17(23)20-16)15-4-2-13(3-5-15)12-21-9-6-14(18)7-10-21/h2-5,8,11,14H,6-7,9-10,12,18H2,1H3,(H,19,20,23). The van der Waals surface area contributed by atoms with E-state index in [1.54, 1.807) is 23.9 Å². The van der Waals surface area contributed by atoms with E-state index in [9.17, 15) is 4.79 Å². The second-order valence-corrected chi connectivity index (χ2v) is 6.00. The van der Waals surface area contributed by atoms with Gasteiger partial charge in [0.2, 0.25) is 0 Å². The molecule has 1 aliphatic heterocycles. The van der Waals surface area contributed by atoms with Gasteiger partial charge in [0.15, 0.2) is 0 Å². The molecule has 1 aliphatic rings. The molecule has 3 N–H and O–H groups in total. The van der Waals surface area contributed by atoms with Crippen molar-refractivity contribution in [3.8, 4) is 5.69 Å². The second kappa shape index (κ2) is 6.93. The van der Waals surface area contributed by atoms with Crippen molar-refractivity contribution in [2.45, 2.75) is 25.4 Å². The van der Waals surface area contributed by atoms with Gasteiger partial charge in [0, 0.05) is 25.8 Å². The molecule has 0 spiro atoms. The van der Waals surface area contributed by atoms with Crippen LogP contribution in [-0.2, 0) is 6.54 Å². The van der Waals surface area contributed by atoms with Gasteiger partial charge in [0.25, 0.3) is 0 Å². The molecule has 0 amide bonds. The summed E-state index contributed by atoms with van der Waals surface area (Å²) in [5.74, 6) is 0.575. The van der Waals surface area contributed by atoms with E-state index >= 15 is 0 Å². The van der Waals surface area contributed by atoms with Gasteiger partial charge in [0.05, 0.1) is 5.69 Å². The first-order valence-electron chi connectivity index (χ1n) is 8.00. The van der Waals surface area contributed by atoms with Gasteiger partial charge < -0.3 is 11.1 Å². The second-order valence-electron chi connectivity index (χ2n) is 6.00. The number of benzene rings is 1. The average molecular weight is 313 g/mol. The third kappa shape index (κ3) is 3.78. The van der Waals surface area contributed by atoms with Crippen LogP contribution in [0.5, 0.6) is 0 Å². The zero-order chi connectivity index (χ0) is 16.2. The van der Waals surface area contributed by atoms with Crippen LogP contribution >= 0.6 is 0 Å². The van der Waals surface area contributed by atoms with E-state index in [1.165, 1.54) is 5.56 Å². The molecule has 0 saturated carbocycles. The molecule has 3 rings (SSSR count). The fourth-order valence-electron chi connectivity index (χ4n) is 2.87. The fourth-order valence-corrected chi connectivity index (χ4v) is 2.87. The van der Waals surface area contributed by atoms with Crippen LogP contribution in [0.2, 0.25) is 0 Å². The Morgan fingerprint density at radius 2 is 1.91 bits per heavy atom. The highest BCUT2D eigenvalue weighted by molar-refractivity contribution is 5.37. The SMILES string of the molecule is CNc1ccn(-c2ccc(CN3CCC(N)CC3)cc2)c(=O)n1. The number of anilines is 1. The van der Waals surface area contributed by atoms with Crippen molar-refractivity contribution in [2.24, 2.45) is 5.73 Å². The number of nitrogens with one attached hydrogen (secondary N) is 1. The van der Waals surface area contributed by atoms with Gasteiger partial charge in [-0.1, -0.05) is 12.1 Å². The number of piperidine rings is 1. The monoisotopic (exact) mass is 313 g/mol. The summed E-state index contributed by atoms with van der Waals surface area (Å²) in [5.41, 5.74) is 7.73. The van der Waals surface area contributed by atoms with Crippen molar-refractivity contribution in [1.82, 2.24) is 14.5 Å². The first-order chi connectivity index (χ1) is 11.2. The minimum atomic E-state index is -0.283. The van der Waals surface area contributed by atoms with Crippen LogP contribution in [0.1, 0.15) is 18.4 Å². The summed E-state index contributed by atoms with van der Waals surface area (Å²) < 4.78 is 1.55. The molecule has 1 fully saturated rings. The van der Waals surface area contributed by atoms with Gasteiger partial charge >= 0.3 is 5.69 Å². The van der Waals surface area contributed by atoms with Crippen LogP contribution in [0.4, 0.5) is 5.82 Å². The smallest absolute Gasteiger partial charge is 0.354 e. The molecule has 6 heteroatoms. The van der Waals surface area contributed by atoms with E-state index in [0.717, 1.165) is 38.2 Å². The molecule has 122 valence electrons. The van der Waals surface area contributed by atoms with Crippen LogP contribution in [0.3, 0.4) is 0 Å². The van der Waals surface area contributed by atoms with Crippen molar-refractivity contribution in [3.63, 3.8) is 0 Å². The molecule has 0 unspecified atom stereocenters. The summed E-state index contributed by atoms with van der Waals surface area (Å²) >= 11 is 0. The molecule has 2 aromatic rings. The number of hydrogen-bond donors (Lipinski definition) is 2. The summed E-state index contributed by atoms with van der Waals surface area (Å²) in [6.07, 6.45) is 3.87. The zero-order valence-electron chi connectivity index (χ0n) is 13.4. The van der Waals surface area contributed by atoms with E-state index in [0.29, 0.717) is 11.9 Å². The third-order valence-corrected chi connectivity index (χ3v) is 4.31. The highest BCUT2D eigenvalue weighted by Crippen LogP contribution is 2.14. The lowest BCUT2D eigenvalue weighted by atomic mass is 10.1. The van der Waals surface area contributed by atoms with Crippen molar-refractivity contribution in [2.75, 3.05) is 25.5 Å². The minimum Gasteiger partial charge on any atom is -0.373 e. The Hall–Kier alpha value is -2.18. The Morgan fingerprint density at radius 1 is 1.22 bits per heavy atom. The van der Waals surface area contributed by atoms with Crippen LogP contribution in [-0.4, -0.2) is 40.6 Å². The highest BCUT2D eigenvalue weighted by atomic mass is 16.1. The maximum Gasteiger partial charge on any atom is 0.354 e. The largest absolute Gasteiger partial charge is 0.373 e. The van der Waals surface area contributed by atoms with Gasteiger partial charge in [-0.05, 0) is 49.7 Å². The van der Waals surface area contributed by atoms with E-state index in [1.807, 2.05) is 12.1 Å². The van der Waals surface area contributed by atoms with Crippen molar-refractivity contribution in [1.29, 1.82) is 0 Å². The molecule has 6 nitrogen and oxygen atoms in total. The Labute approximate surface area is 135 Å². The lowest BCUT2D eigenvalue weighted by Gasteiger charge is -2.30. The number of aromatic nitrogens is 2. The molecule has 0 aliphatic carbocycles. The number of nitrogens with zero attached hydrogens (tertiary/aromatic N) is 3. The zero-order valence-corrected chi connectivity index (χ0v) is 13.4. The molecular formula is C17H23N5O. The van der Waals surface area contributed by atoms with E-state index in [4.69, 9.17) is 5.73 Å². The van der Waals surface area contributed by atoms with Crippen molar-refractivity contribution < 1.29 is 0 Å². The van der Waals surface area contributed by atoms with Gasteiger partial charge in [-0.25, -0.2) is 4.79 Å². The van der Waals surface area contributed by atoms with Gasteiger partial charge in [-0.3, -0.25) is 9.47 Å². The molecule has 1 saturated heterocycles. The quantitative estimate of drug-likeness (QED) is 0.887. The maximum atomic E-state index is 12.0. The molecule has 0 bridgehead atoms. The summed E-state index contributed by atoms with van der Waals surface area (Å²) in [7, 11) is 1.74. The molecule has 2 heterocycles. The van der Waals surface area contributed by atoms with Crippen LogP contribution in [0, 0.1) is 0 Å². The average Bonchev–Trinajstić information content (AvgIpc) is 2.58. The summed E-state index contributed by atoms with van der Waals surface area (Å²) in [6.45, 7) is 3.04. The normalized spacial score (nSPS) is 16.4. The van der Waals surface area contributed by atoms with Crippen molar-refractivity contribution >= 4 is 5.82 Å². The van der Waals surface area contributed by atoms with Crippen LogP contribution < -0.4 is 16.7 Å². The fraction of sp³-hybridized carbons (Fsp3) is 0.412. The predicted molar refractivity (Wildman–Crippen MR) is 91.9 cm³/mol. The lowest BCUT2D eigenvalue weighted by molar-refractivity contribution is 0.205. The Bertz CT molecular complexity index is 702. The Morgan fingerprint density at radius 3 is 2.52 bits per heavy atom. The highest BCUT2D eigenvalue weighted by Gasteiger charge is 2.15. The third-order valence-electron chi connectivity index (χ3n) is 4.31. The Kier molecular flexibility index (Phi) is 4.73.